The van der Waals surface area contributed by atoms with Crippen LogP contribution in [0.4, 0.5) is 0 Å². The smallest absolute Gasteiger partial charge is 0.269 e. The Labute approximate surface area is 75.6 Å². The van der Waals surface area contributed by atoms with Gasteiger partial charge in [0.05, 0.1) is 11.8 Å². The van der Waals surface area contributed by atoms with E-state index in [0.717, 1.165) is 0 Å². The highest BCUT2D eigenvalue weighted by Crippen LogP contribution is 2.11. The first-order valence-corrected chi connectivity index (χ1v) is 3.73. The maximum Gasteiger partial charge on any atom is 0.269 e. The molecular weight excluding hydrogens is 178 g/mol. The van der Waals surface area contributed by atoms with Gasteiger partial charge >= 0.3 is 0 Å². The lowest BCUT2D eigenvalue weighted by atomic mass is 10.3. The number of benzene rings is 1. The van der Waals surface area contributed by atoms with Gasteiger partial charge in [-0.05, 0) is 12.1 Å². The number of hydrogen-bond acceptors (Lipinski definition) is 2. The van der Waals surface area contributed by atoms with Crippen LogP contribution in [0.5, 0.6) is 5.75 Å². The number of para-hydroxylation sites is 1. The molecule has 0 radical (unpaired) electrons. The summed E-state index contributed by atoms with van der Waals surface area (Å²) in [5.74, 6) is 0.170. The number of amides is 1. The summed E-state index contributed by atoms with van der Waals surface area (Å²) < 4.78 is 0.662. The predicted octanol–water partition coefficient (Wildman–Crippen LogP) is 1.98. The second kappa shape index (κ2) is 3.97. The van der Waals surface area contributed by atoms with Crippen molar-refractivity contribution >= 4 is 17.7 Å². The zero-order valence-corrected chi connectivity index (χ0v) is 7.28. The van der Waals surface area contributed by atoms with Crippen LogP contribution < -0.4 is 4.84 Å². The summed E-state index contributed by atoms with van der Waals surface area (Å²) >= 11 is 5.41. The Morgan fingerprint density at radius 2 is 2.00 bits per heavy atom. The van der Waals surface area contributed by atoms with Crippen molar-refractivity contribution in [3.8, 4) is 5.75 Å². The Morgan fingerprint density at radius 1 is 1.42 bits per heavy atom. The number of hydroxylamine groups is 1. The number of nitrogens with zero attached hydrogens (tertiary/aromatic N) is 1. The van der Waals surface area contributed by atoms with Crippen molar-refractivity contribution < 1.29 is 9.63 Å². The predicted molar refractivity (Wildman–Crippen MR) is 45.4 cm³/mol. The van der Waals surface area contributed by atoms with Crippen LogP contribution in [0.2, 0.25) is 0 Å². The Bertz CT molecular complexity index is 263. The largest absolute Gasteiger partial charge is 0.361 e. The number of hydrogen-bond donors (Lipinski definition) is 0. The highest BCUT2D eigenvalue weighted by Gasteiger charge is 2.05. The van der Waals surface area contributed by atoms with E-state index in [1.54, 1.807) is 24.3 Å². The molecule has 0 bridgehead atoms. The van der Waals surface area contributed by atoms with E-state index in [0.29, 0.717) is 10.3 Å². The van der Waals surface area contributed by atoms with Gasteiger partial charge in [-0.1, -0.05) is 22.8 Å². The van der Waals surface area contributed by atoms with Crippen LogP contribution in [0.3, 0.4) is 0 Å². The molecule has 12 heavy (non-hydrogen) atoms. The van der Waals surface area contributed by atoms with Crippen LogP contribution in [0.25, 0.3) is 0 Å². The van der Waals surface area contributed by atoms with Crippen molar-refractivity contribution in [1.82, 2.24) is 4.58 Å². The molecule has 0 saturated heterocycles. The van der Waals surface area contributed by atoms with E-state index in [9.17, 15) is 4.79 Å². The minimum absolute atomic E-state index is 0.361. The molecule has 1 aromatic carbocycles. The topological polar surface area (TPSA) is 29.5 Å². The van der Waals surface area contributed by atoms with E-state index in [2.05, 4.69) is 0 Å². The molecular formula is C8H8ClNO2. The molecule has 0 aliphatic carbocycles. The van der Waals surface area contributed by atoms with Crippen LogP contribution in [-0.2, 0) is 4.79 Å². The van der Waals surface area contributed by atoms with Gasteiger partial charge in [0.1, 0.15) is 0 Å². The summed E-state index contributed by atoms with van der Waals surface area (Å²) in [4.78, 5) is 15.5. The summed E-state index contributed by atoms with van der Waals surface area (Å²) in [6, 6.07) is 8.84. The van der Waals surface area contributed by atoms with E-state index in [1.807, 2.05) is 6.07 Å². The van der Waals surface area contributed by atoms with Crippen molar-refractivity contribution in [2.75, 3.05) is 0 Å². The van der Waals surface area contributed by atoms with Gasteiger partial charge in [-0.2, -0.15) is 0 Å². The molecule has 0 aliphatic heterocycles. The SMILES string of the molecule is CC(=O)N(Cl)Oc1ccccc1. The van der Waals surface area contributed by atoms with Crippen molar-refractivity contribution in [3.63, 3.8) is 0 Å². The first-order valence-electron chi connectivity index (χ1n) is 3.39. The molecule has 0 heterocycles. The Kier molecular flexibility index (Phi) is 2.94. The van der Waals surface area contributed by atoms with Crippen molar-refractivity contribution in [3.05, 3.63) is 30.3 Å². The molecule has 3 nitrogen and oxygen atoms in total. The maximum atomic E-state index is 10.6. The first kappa shape index (κ1) is 8.87. The molecule has 0 saturated carbocycles. The van der Waals surface area contributed by atoms with Gasteiger partial charge < -0.3 is 4.84 Å². The second-order valence-electron chi connectivity index (χ2n) is 2.17. The fourth-order valence-corrected chi connectivity index (χ4v) is 0.718. The van der Waals surface area contributed by atoms with Crippen LogP contribution >= 0.6 is 11.8 Å². The third-order valence-corrected chi connectivity index (χ3v) is 1.48. The van der Waals surface area contributed by atoms with Crippen molar-refractivity contribution in [2.45, 2.75) is 6.92 Å². The molecule has 0 N–H and O–H groups in total. The van der Waals surface area contributed by atoms with Gasteiger partial charge in [-0.3, -0.25) is 4.79 Å². The quantitative estimate of drug-likeness (QED) is 0.521. The Morgan fingerprint density at radius 3 is 2.50 bits per heavy atom. The standard InChI is InChI=1S/C8H8ClNO2/c1-7(11)10(9)12-8-5-3-2-4-6-8/h2-6H,1H3. The fraction of sp³-hybridized carbons (Fsp3) is 0.125. The average molecular weight is 186 g/mol. The number of halogens is 1. The minimum Gasteiger partial charge on any atom is -0.361 e. The zero-order valence-electron chi connectivity index (χ0n) is 6.53. The summed E-state index contributed by atoms with van der Waals surface area (Å²) in [6.45, 7) is 1.32. The van der Waals surface area contributed by atoms with E-state index in [-0.39, 0.29) is 5.91 Å². The van der Waals surface area contributed by atoms with Crippen molar-refractivity contribution in [1.29, 1.82) is 0 Å². The third-order valence-electron chi connectivity index (χ3n) is 1.18. The van der Waals surface area contributed by atoms with Crippen LogP contribution in [0, 0.1) is 0 Å². The molecule has 0 spiro atoms. The summed E-state index contributed by atoms with van der Waals surface area (Å²) in [6.07, 6.45) is 0. The Hall–Kier alpha value is -1.22. The monoisotopic (exact) mass is 185 g/mol. The number of carbonyl (C=O) groups is 1. The molecule has 1 aromatic rings. The van der Waals surface area contributed by atoms with Crippen molar-refractivity contribution in [2.24, 2.45) is 0 Å². The van der Waals surface area contributed by atoms with E-state index in [4.69, 9.17) is 16.6 Å². The average Bonchev–Trinajstić information content (AvgIpc) is 2.06. The van der Waals surface area contributed by atoms with E-state index >= 15 is 0 Å². The molecule has 0 atom stereocenters. The summed E-state index contributed by atoms with van der Waals surface area (Å²) in [7, 11) is 0. The molecule has 0 fully saturated rings. The zero-order chi connectivity index (χ0) is 8.97. The maximum absolute atomic E-state index is 10.6. The number of rotatable bonds is 2. The lowest BCUT2D eigenvalue weighted by Crippen LogP contribution is -2.21. The van der Waals surface area contributed by atoms with Gasteiger partial charge in [0.25, 0.3) is 5.91 Å². The first-order chi connectivity index (χ1) is 5.70. The molecule has 0 aromatic heterocycles. The highest BCUT2D eigenvalue weighted by molar-refractivity contribution is 6.20. The normalized spacial score (nSPS) is 9.17. The molecule has 0 aliphatic rings. The van der Waals surface area contributed by atoms with Gasteiger partial charge in [-0.25, -0.2) is 0 Å². The van der Waals surface area contributed by atoms with E-state index < -0.39 is 0 Å². The molecule has 1 rings (SSSR count). The fourth-order valence-electron chi connectivity index (χ4n) is 0.638. The minimum atomic E-state index is -0.361. The Balaban J connectivity index is 2.58. The third kappa shape index (κ3) is 2.43. The lowest BCUT2D eigenvalue weighted by molar-refractivity contribution is -0.139. The molecule has 0 unspecified atom stereocenters. The van der Waals surface area contributed by atoms with Crippen LogP contribution in [0.1, 0.15) is 6.92 Å². The van der Waals surface area contributed by atoms with Gasteiger partial charge in [0.2, 0.25) is 0 Å². The van der Waals surface area contributed by atoms with Gasteiger partial charge in [-0.15, -0.1) is 0 Å². The lowest BCUT2D eigenvalue weighted by Gasteiger charge is -2.11. The number of carbonyl (C=O) groups excluding carboxylic acids is 1. The van der Waals surface area contributed by atoms with Crippen LogP contribution in [0.15, 0.2) is 30.3 Å². The summed E-state index contributed by atoms with van der Waals surface area (Å²) in [5, 5.41) is 0. The van der Waals surface area contributed by atoms with Gasteiger partial charge in [0, 0.05) is 6.92 Å². The van der Waals surface area contributed by atoms with Gasteiger partial charge in [0.15, 0.2) is 5.75 Å². The summed E-state index contributed by atoms with van der Waals surface area (Å²) in [5.41, 5.74) is 0. The van der Waals surface area contributed by atoms with E-state index in [1.165, 1.54) is 6.92 Å². The molecule has 4 heteroatoms. The highest BCUT2D eigenvalue weighted by atomic mass is 35.5. The van der Waals surface area contributed by atoms with Crippen LogP contribution in [-0.4, -0.2) is 10.5 Å². The molecule has 1 amide bonds. The second-order valence-corrected chi connectivity index (χ2v) is 2.48. The molecule has 64 valence electrons.